The predicted molar refractivity (Wildman–Crippen MR) is 57.5 cm³/mol. The van der Waals surface area contributed by atoms with Crippen LogP contribution in [0.2, 0.25) is 4.55 Å². The lowest BCUT2D eigenvalue weighted by molar-refractivity contribution is -0.0677. The molecule has 1 heterocycles. The van der Waals surface area contributed by atoms with Crippen LogP contribution in [0.1, 0.15) is 20.3 Å². The van der Waals surface area contributed by atoms with Crippen LogP contribution in [-0.2, 0) is 4.74 Å². The Labute approximate surface area is 94.5 Å². The van der Waals surface area contributed by atoms with Gasteiger partial charge in [-0.3, -0.25) is 4.90 Å². The molecule has 2 atom stereocenters. The number of hydrogen-bond acceptors (Lipinski definition) is 2. The lowest BCUT2D eigenvalue weighted by atomic mass is 10.2. The SMILES string of the molecule is CC1CN(CC[CH2][Mg][Cl])CC(C)O1. The van der Waals surface area contributed by atoms with Crippen LogP contribution in [0.3, 0.4) is 0 Å². The van der Waals surface area contributed by atoms with Gasteiger partial charge in [0, 0.05) is 13.1 Å². The molecule has 1 rings (SSSR count). The lowest BCUT2D eigenvalue weighted by Gasteiger charge is -2.35. The molecule has 0 saturated carbocycles. The zero-order valence-corrected chi connectivity index (χ0v) is 10.8. The summed E-state index contributed by atoms with van der Waals surface area (Å²) in [6.07, 6.45) is 2.07. The Hall–Kier alpha value is 0.976. The topological polar surface area (TPSA) is 12.5 Å². The molecule has 4 heteroatoms. The van der Waals surface area contributed by atoms with Gasteiger partial charge in [0.05, 0.1) is 12.2 Å². The second kappa shape index (κ2) is 6.46. The molecule has 0 aromatic heterocycles. The molecule has 74 valence electrons. The molecular formula is C9H18ClMgNO. The summed E-state index contributed by atoms with van der Waals surface area (Å²) in [6.45, 7) is 7.69. The van der Waals surface area contributed by atoms with Crippen molar-refractivity contribution in [2.45, 2.75) is 37.0 Å². The molecule has 0 N–H and O–H groups in total. The van der Waals surface area contributed by atoms with Gasteiger partial charge in [0.1, 0.15) is 0 Å². The molecule has 2 unspecified atom stereocenters. The normalized spacial score (nSPS) is 30.1. The summed E-state index contributed by atoms with van der Waals surface area (Å²) in [7, 11) is 5.77. The van der Waals surface area contributed by atoms with Gasteiger partial charge in [-0.2, -0.15) is 0 Å². The minimum absolute atomic E-state index is 0.244. The summed E-state index contributed by atoms with van der Waals surface area (Å²) < 4.78 is 6.93. The third-order valence-corrected chi connectivity index (χ3v) is 3.92. The van der Waals surface area contributed by atoms with Gasteiger partial charge in [-0.15, -0.1) is 4.55 Å². The monoisotopic (exact) mass is 215 g/mol. The van der Waals surface area contributed by atoms with Crippen LogP contribution in [-0.4, -0.2) is 56.0 Å². The molecule has 1 aliphatic rings. The van der Waals surface area contributed by atoms with E-state index in [0.717, 1.165) is 13.1 Å². The molecule has 1 saturated heterocycles. The van der Waals surface area contributed by atoms with E-state index in [2.05, 4.69) is 18.7 Å². The fourth-order valence-corrected chi connectivity index (χ4v) is 2.88. The van der Waals surface area contributed by atoms with Gasteiger partial charge in [0.15, 0.2) is 0 Å². The summed E-state index contributed by atoms with van der Waals surface area (Å²) >= 11 is -0.244. The first kappa shape index (κ1) is 12.0. The highest BCUT2D eigenvalue weighted by molar-refractivity contribution is 6.93. The van der Waals surface area contributed by atoms with Gasteiger partial charge in [-0.1, -0.05) is 6.42 Å². The fourth-order valence-electron chi connectivity index (χ4n) is 1.90. The van der Waals surface area contributed by atoms with E-state index in [4.69, 9.17) is 13.8 Å². The first-order chi connectivity index (χ1) is 6.22. The number of ether oxygens (including phenoxy) is 1. The van der Waals surface area contributed by atoms with Gasteiger partial charge in [-0.05, 0) is 20.4 Å². The van der Waals surface area contributed by atoms with Crippen LogP contribution in [0.15, 0.2) is 0 Å². The Morgan fingerprint density at radius 2 is 2.00 bits per heavy atom. The van der Waals surface area contributed by atoms with E-state index < -0.39 is 0 Å². The Kier molecular flexibility index (Phi) is 5.99. The van der Waals surface area contributed by atoms with Gasteiger partial charge in [-0.25, -0.2) is 0 Å². The van der Waals surface area contributed by atoms with Crippen molar-refractivity contribution in [3.05, 3.63) is 0 Å². The Bertz CT molecular complexity index is 138. The second-order valence-corrected chi connectivity index (χ2v) is 6.13. The number of hydrogen-bond donors (Lipinski definition) is 0. The third-order valence-electron chi connectivity index (χ3n) is 2.35. The van der Waals surface area contributed by atoms with Crippen LogP contribution < -0.4 is 0 Å². The van der Waals surface area contributed by atoms with Crippen molar-refractivity contribution < 1.29 is 4.74 Å². The van der Waals surface area contributed by atoms with Crippen molar-refractivity contribution in [3.8, 4) is 0 Å². The van der Waals surface area contributed by atoms with Gasteiger partial charge in [0.25, 0.3) is 0 Å². The maximum Gasteiger partial charge on any atom is 0.501 e. The average Bonchev–Trinajstić information content (AvgIpc) is 2.03. The molecule has 0 bridgehead atoms. The number of halogens is 1. The predicted octanol–water partition coefficient (Wildman–Crippen LogP) is 1.76. The minimum atomic E-state index is -0.244. The first-order valence-corrected chi connectivity index (χ1v) is 8.30. The molecular weight excluding hydrogens is 198 g/mol. The Morgan fingerprint density at radius 3 is 2.54 bits per heavy atom. The second-order valence-electron chi connectivity index (χ2n) is 3.91. The van der Waals surface area contributed by atoms with E-state index in [1.807, 2.05) is 0 Å². The number of rotatable bonds is 4. The van der Waals surface area contributed by atoms with Crippen molar-refractivity contribution in [1.29, 1.82) is 0 Å². The van der Waals surface area contributed by atoms with E-state index >= 15 is 0 Å². The van der Waals surface area contributed by atoms with Crippen LogP contribution in [0.25, 0.3) is 0 Å². The van der Waals surface area contributed by atoms with E-state index in [1.165, 1.54) is 17.5 Å². The van der Waals surface area contributed by atoms with Gasteiger partial charge >= 0.3 is 19.3 Å². The lowest BCUT2D eigenvalue weighted by Crippen LogP contribution is -2.45. The van der Waals surface area contributed by atoms with Crippen molar-refractivity contribution in [1.82, 2.24) is 4.90 Å². The molecule has 1 aliphatic heterocycles. The molecule has 0 radical (unpaired) electrons. The zero-order valence-electron chi connectivity index (χ0n) is 8.63. The standard InChI is InChI=1S/C9H18NO.ClH.Mg/c1-4-5-10-6-8(2)11-9(3)7-10;;/h8-9H,1,4-7H2,2-3H3;1H;/q;;+1/p-1. The quantitative estimate of drug-likeness (QED) is 0.524. The molecule has 0 aromatic carbocycles. The smallest absolute Gasteiger partial charge is 0.373 e. The van der Waals surface area contributed by atoms with Crippen LogP contribution in [0.4, 0.5) is 0 Å². The zero-order chi connectivity index (χ0) is 9.68. The van der Waals surface area contributed by atoms with Crippen LogP contribution in [0.5, 0.6) is 0 Å². The molecule has 0 spiro atoms. The molecule has 13 heavy (non-hydrogen) atoms. The molecule has 0 amide bonds. The van der Waals surface area contributed by atoms with Crippen molar-refractivity contribution in [2.24, 2.45) is 0 Å². The van der Waals surface area contributed by atoms with Crippen molar-refractivity contribution in [2.75, 3.05) is 19.6 Å². The summed E-state index contributed by atoms with van der Waals surface area (Å²) in [6, 6.07) is 0. The Morgan fingerprint density at radius 1 is 1.38 bits per heavy atom. The molecule has 0 aromatic rings. The maximum atomic E-state index is 5.77. The molecule has 0 aliphatic carbocycles. The third kappa shape index (κ3) is 4.84. The highest BCUT2D eigenvalue weighted by atomic mass is 35.5. The average molecular weight is 216 g/mol. The summed E-state index contributed by atoms with van der Waals surface area (Å²) in [4.78, 5) is 2.50. The van der Waals surface area contributed by atoms with Crippen LogP contribution >= 0.6 is 9.07 Å². The summed E-state index contributed by atoms with van der Waals surface area (Å²) in [5, 5.41) is 0. The first-order valence-electron chi connectivity index (χ1n) is 5.16. The fraction of sp³-hybridized carbons (Fsp3) is 1.00. The highest BCUT2D eigenvalue weighted by Crippen LogP contribution is 2.11. The number of morpholine rings is 1. The van der Waals surface area contributed by atoms with E-state index in [1.54, 1.807) is 0 Å². The van der Waals surface area contributed by atoms with Crippen molar-refractivity contribution >= 4 is 28.3 Å². The van der Waals surface area contributed by atoms with Gasteiger partial charge < -0.3 is 13.8 Å². The maximum absolute atomic E-state index is 5.77. The summed E-state index contributed by atoms with van der Waals surface area (Å²) in [5.74, 6) is 0. The summed E-state index contributed by atoms with van der Waals surface area (Å²) in [5.41, 5.74) is 0. The van der Waals surface area contributed by atoms with E-state index in [-0.39, 0.29) is 19.3 Å². The van der Waals surface area contributed by atoms with E-state index in [0.29, 0.717) is 12.2 Å². The van der Waals surface area contributed by atoms with Crippen molar-refractivity contribution in [3.63, 3.8) is 0 Å². The minimum Gasteiger partial charge on any atom is -0.373 e. The Balaban J connectivity index is 2.17. The molecule has 1 fully saturated rings. The largest absolute Gasteiger partial charge is 0.501 e. The van der Waals surface area contributed by atoms with Gasteiger partial charge in [0.2, 0.25) is 0 Å². The number of nitrogens with zero attached hydrogens (tertiary/aromatic N) is 1. The highest BCUT2D eigenvalue weighted by Gasteiger charge is 2.21. The molecule has 2 nitrogen and oxygen atoms in total. The van der Waals surface area contributed by atoms with Crippen LogP contribution in [0, 0.1) is 0 Å². The van der Waals surface area contributed by atoms with E-state index in [9.17, 15) is 0 Å².